The van der Waals surface area contributed by atoms with Crippen LogP contribution in [0.5, 0.6) is 0 Å². The second-order valence-electron chi connectivity index (χ2n) is 5.55. The molecule has 0 saturated heterocycles. The van der Waals surface area contributed by atoms with E-state index in [2.05, 4.69) is 19.2 Å². The molecule has 2 fully saturated rings. The van der Waals surface area contributed by atoms with Crippen LogP contribution in [0.3, 0.4) is 0 Å². The summed E-state index contributed by atoms with van der Waals surface area (Å²) in [5.41, 5.74) is 0. The van der Waals surface area contributed by atoms with E-state index < -0.39 is 0 Å². The van der Waals surface area contributed by atoms with Gasteiger partial charge < -0.3 is 5.32 Å². The van der Waals surface area contributed by atoms with Crippen molar-refractivity contribution < 1.29 is 0 Å². The van der Waals surface area contributed by atoms with Crippen LogP contribution in [0.25, 0.3) is 0 Å². The number of rotatable bonds is 2. The van der Waals surface area contributed by atoms with Crippen molar-refractivity contribution >= 4 is 0 Å². The highest BCUT2D eigenvalue weighted by atomic mass is 15.0. The number of nitrogens with one attached hydrogen (secondary N) is 1. The summed E-state index contributed by atoms with van der Waals surface area (Å²) in [4.78, 5) is 0. The molecule has 0 bridgehead atoms. The summed E-state index contributed by atoms with van der Waals surface area (Å²) in [7, 11) is 0. The third-order valence-corrected chi connectivity index (χ3v) is 4.40. The molecule has 0 aliphatic heterocycles. The van der Waals surface area contributed by atoms with E-state index >= 15 is 0 Å². The Morgan fingerprint density at radius 3 is 1.71 bits per heavy atom. The first kappa shape index (κ1) is 10.5. The fourth-order valence-electron chi connectivity index (χ4n) is 3.23. The lowest BCUT2D eigenvalue weighted by atomic mass is 9.85. The first-order valence-corrected chi connectivity index (χ1v) is 6.53. The number of hydrogen-bond acceptors (Lipinski definition) is 1. The Bertz CT molecular complexity index is 178. The highest BCUT2D eigenvalue weighted by Gasteiger charge is 2.28. The van der Waals surface area contributed by atoms with E-state index in [1.165, 1.54) is 44.9 Å². The van der Waals surface area contributed by atoms with Crippen LogP contribution in [0.1, 0.15) is 58.8 Å². The molecule has 2 aliphatic carbocycles. The van der Waals surface area contributed by atoms with Gasteiger partial charge in [-0.05, 0) is 37.5 Å². The minimum absolute atomic E-state index is 0.828. The molecular formula is C13H25N. The monoisotopic (exact) mass is 195 g/mol. The molecule has 0 unspecified atom stereocenters. The summed E-state index contributed by atoms with van der Waals surface area (Å²) in [5, 5.41) is 3.92. The summed E-state index contributed by atoms with van der Waals surface area (Å²) < 4.78 is 0. The highest BCUT2D eigenvalue weighted by molar-refractivity contribution is 4.86. The van der Waals surface area contributed by atoms with Gasteiger partial charge in [-0.2, -0.15) is 0 Å². The van der Waals surface area contributed by atoms with E-state index in [-0.39, 0.29) is 0 Å². The standard InChI is InChI=1S/C13H25N/c1-10-6-3-4-8-12(10)14-13-9-5-7-11(13)2/h10-14H,3-9H2,1-2H3/t10-,11-,12-,13+/m0/s1. The van der Waals surface area contributed by atoms with E-state index in [0.717, 1.165) is 23.9 Å². The van der Waals surface area contributed by atoms with Crippen molar-refractivity contribution in [1.82, 2.24) is 5.32 Å². The van der Waals surface area contributed by atoms with Crippen LogP contribution in [0.15, 0.2) is 0 Å². The Kier molecular flexibility index (Phi) is 3.48. The summed E-state index contributed by atoms with van der Waals surface area (Å²) >= 11 is 0. The zero-order valence-corrected chi connectivity index (χ0v) is 9.76. The van der Waals surface area contributed by atoms with Crippen LogP contribution in [0, 0.1) is 11.8 Å². The Labute approximate surface area is 88.7 Å². The summed E-state index contributed by atoms with van der Waals surface area (Å²) in [6.07, 6.45) is 10.1. The lowest BCUT2D eigenvalue weighted by Crippen LogP contribution is -2.44. The molecule has 14 heavy (non-hydrogen) atoms. The molecule has 0 aromatic rings. The van der Waals surface area contributed by atoms with Gasteiger partial charge in [-0.25, -0.2) is 0 Å². The average molecular weight is 195 g/mol. The fourth-order valence-corrected chi connectivity index (χ4v) is 3.23. The van der Waals surface area contributed by atoms with Gasteiger partial charge in [0.2, 0.25) is 0 Å². The summed E-state index contributed by atoms with van der Waals surface area (Å²) in [6.45, 7) is 4.84. The fraction of sp³-hybridized carbons (Fsp3) is 1.00. The van der Waals surface area contributed by atoms with Gasteiger partial charge in [0.25, 0.3) is 0 Å². The van der Waals surface area contributed by atoms with Gasteiger partial charge >= 0.3 is 0 Å². The maximum atomic E-state index is 3.92. The summed E-state index contributed by atoms with van der Waals surface area (Å²) in [5.74, 6) is 1.83. The van der Waals surface area contributed by atoms with E-state index in [4.69, 9.17) is 0 Å². The zero-order valence-electron chi connectivity index (χ0n) is 9.76. The SMILES string of the molecule is C[C@H]1CCCC[C@@H]1N[C@@H]1CCC[C@@H]1C. The van der Waals surface area contributed by atoms with Gasteiger partial charge in [-0.15, -0.1) is 0 Å². The molecule has 82 valence electrons. The third kappa shape index (κ3) is 2.31. The predicted octanol–water partition coefficient (Wildman–Crippen LogP) is 3.34. The minimum atomic E-state index is 0.828. The Morgan fingerprint density at radius 1 is 0.714 bits per heavy atom. The largest absolute Gasteiger partial charge is 0.311 e. The Balaban J connectivity index is 1.83. The van der Waals surface area contributed by atoms with Crippen LogP contribution in [0.2, 0.25) is 0 Å². The van der Waals surface area contributed by atoms with E-state index in [1.54, 1.807) is 0 Å². The minimum Gasteiger partial charge on any atom is -0.311 e. The average Bonchev–Trinajstić information content (AvgIpc) is 2.56. The zero-order chi connectivity index (χ0) is 9.97. The molecule has 2 aliphatic rings. The first-order chi connectivity index (χ1) is 6.77. The van der Waals surface area contributed by atoms with E-state index in [1.807, 2.05) is 0 Å². The lowest BCUT2D eigenvalue weighted by Gasteiger charge is -2.33. The van der Waals surface area contributed by atoms with Gasteiger partial charge in [-0.3, -0.25) is 0 Å². The summed E-state index contributed by atoms with van der Waals surface area (Å²) in [6, 6.07) is 1.66. The van der Waals surface area contributed by atoms with Crippen molar-refractivity contribution in [2.75, 3.05) is 0 Å². The van der Waals surface area contributed by atoms with Gasteiger partial charge in [0.05, 0.1) is 0 Å². The van der Waals surface area contributed by atoms with Gasteiger partial charge in [0, 0.05) is 12.1 Å². The molecule has 0 spiro atoms. The maximum absolute atomic E-state index is 3.92. The van der Waals surface area contributed by atoms with Gasteiger partial charge in [-0.1, -0.05) is 33.1 Å². The molecule has 2 saturated carbocycles. The van der Waals surface area contributed by atoms with E-state index in [0.29, 0.717) is 0 Å². The van der Waals surface area contributed by atoms with Gasteiger partial charge in [0.1, 0.15) is 0 Å². The Hall–Kier alpha value is -0.0400. The first-order valence-electron chi connectivity index (χ1n) is 6.53. The van der Waals surface area contributed by atoms with Gasteiger partial charge in [0.15, 0.2) is 0 Å². The van der Waals surface area contributed by atoms with Crippen LogP contribution in [-0.4, -0.2) is 12.1 Å². The molecular weight excluding hydrogens is 170 g/mol. The van der Waals surface area contributed by atoms with Crippen molar-refractivity contribution in [1.29, 1.82) is 0 Å². The predicted molar refractivity (Wildman–Crippen MR) is 61.4 cm³/mol. The highest BCUT2D eigenvalue weighted by Crippen LogP contribution is 2.29. The topological polar surface area (TPSA) is 12.0 Å². The molecule has 0 aromatic heterocycles. The van der Waals surface area contributed by atoms with Crippen molar-refractivity contribution in [2.45, 2.75) is 70.9 Å². The van der Waals surface area contributed by atoms with Crippen LogP contribution < -0.4 is 5.32 Å². The van der Waals surface area contributed by atoms with Crippen molar-refractivity contribution in [2.24, 2.45) is 11.8 Å². The smallest absolute Gasteiger partial charge is 0.00953 e. The van der Waals surface area contributed by atoms with Crippen molar-refractivity contribution in [3.8, 4) is 0 Å². The molecule has 0 aromatic carbocycles. The van der Waals surface area contributed by atoms with Crippen LogP contribution >= 0.6 is 0 Å². The molecule has 1 nitrogen and oxygen atoms in total. The van der Waals surface area contributed by atoms with E-state index in [9.17, 15) is 0 Å². The van der Waals surface area contributed by atoms with Crippen LogP contribution in [-0.2, 0) is 0 Å². The third-order valence-electron chi connectivity index (χ3n) is 4.40. The Morgan fingerprint density at radius 2 is 1.21 bits per heavy atom. The molecule has 1 N–H and O–H groups in total. The second kappa shape index (κ2) is 4.65. The molecule has 0 amide bonds. The number of hydrogen-bond donors (Lipinski definition) is 1. The lowest BCUT2D eigenvalue weighted by molar-refractivity contribution is 0.243. The van der Waals surface area contributed by atoms with Crippen molar-refractivity contribution in [3.05, 3.63) is 0 Å². The molecule has 0 heterocycles. The molecule has 4 atom stereocenters. The van der Waals surface area contributed by atoms with Crippen LogP contribution in [0.4, 0.5) is 0 Å². The molecule has 0 radical (unpaired) electrons. The second-order valence-corrected chi connectivity index (χ2v) is 5.55. The molecule has 1 heteroatoms. The molecule has 2 rings (SSSR count). The normalized spacial score (nSPS) is 44.1. The van der Waals surface area contributed by atoms with Crippen molar-refractivity contribution in [3.63, 3.8) is 0 Å². The maximum Gasteiger partial charge on any atom is 0.00953 e. The quantitative estimate of drug-likeness (QED) is 0.712.